The third-order valence-electron chi connectivity index (χ3n) is 5.46. The standard InChI is InChI=1S/C26H27ClN6O3S/c1-15-9-16(12-28)10-17(23(34)31-25(2,3)4)21(15)30-24(35)19-11-20(36-26(5)13-37-14-26)32-33(19)22-18(27)7-6-8-29-22/h6-11H,13-14H2,1-5H3,(H,30,35)(H,31,34). The average Bonchev–Trinajstić information content (AvgIpc) is 3.21. The van der Waals surface area contributed by atoms with E-state index in [2.05, 4.69) is 26.8 Å². The van der Waals surface area contributed by atoms with E-state index in [9.17, 15) is 14.9 Å². The molecule has 0 aliphatic carbocycles. The van der Waals surface area contributed by atoms with Gasteiger partial charge in [0, 0.05) is 29.3 Å². The van der Waals surface area contributed by atoms with Crippen molar-refractivity contribution in [1.82, 2.24) is 20.1 Å². The van der Waals surface area contributed by atoms with Gasteiger partial charge < -0.3 is 15.4 Å². The number of amides is 2. The van der Waals surface area contributed by atoms with Gasteiger partial charge in [-0.2, -0.15) is 17.0 Å². The van der Waals surface area contributed by atoms with Crippen LogP contribution < -0.4 is 15.4 Å². The van der Waals surface area contributed by atoms with E-state index in [1.165, 1.54) is 16.8 Å². The molecule has 2 amide bonds. The first-order valence-corrected chi connectivity index (χ1v) is 13.1. The van der Waals surface area contributed by atoms with Crippen molar-refractivity contribution in [2.45, 2.75) is 45.8 Å². The average molecular weight is 539 g/mol. The minimum atomic E-state index is -0.546. The molecule has 1 saturated heterocycles. The first kappa shape index (κ1) is 26.5. The molecule has 1 aromatic carbocycles. The number of aryl methyl sites for hydroxylation is 1. The van der Waals surface area contributed by atoms with Crippen LogP contribution >= 0.6 is 23.4 Å². The number of carbonyl (C=O) groups is 2. The highest BCUT2D eigenvalue weighted by Crippen LogP contribution is 2.34. The van der Waals surface area contributed by atoms with E-state index >= 15 is 0 Å². The fourth-order valence-electron chi connectivity index (χ4n) is 3.75. The van der Waals surface area contributed by atoms with Gasteiger partial charge in [0.05, 0.1) is 27.9 Å². The summed E-state index contributed by atoms with van der Waals surface area (Å²) in [6, 6.07) is 9.99. The maximum Gasteiger partial charge on any atom is 0.274 e. The molecule has 2 aromatic heterocycles. The van der Waals surface area contributed by atoms with Gasteiger partial charge in [-0.1, -0.05) is 11.6 Å². The molecule has 4 rings (SSSR count). The zero-order valence-electron chi connectivity index (χ0n) is 21.2. The molecule has 0 bridgehead atoms. The summed E-state index contributed by atoms with van der Waals surface area (Å²) in [5, 5.41) is 20.0. The molecular formula is C26H27ClN6O3S. The second-order valence-electron chi connectivity index (χ2n) is 10.1. The first-order valence-electron chi connectivity index (χ1n) is 11.6. The zero-order chi connectivity index (χ0) is 27.0. The van der Waals surface area contributed by atoms with Crippen molar-refractivity contribution in [2.75, 3.05) is 16.8 Å². The molecular weight excluding hydrogens is 512 g/mol. The maximum atomic E-state index is 13.6. The van der Waals surface area contributed by atoms with E-state index in [1.807, 2.05) is 27.7 Å². The molecule has 0 unspecified atom stereocenters. The predicted molar refractivity (Wildman–Crippen MR) is 144 cm³/mol. The Morgan fingerprint density at radius 3 is 2.57 bits per heavy atom. The van der Waals surface area contributed by atoms with Crippen LogP contribution in [-0.2, 0) is 0 Å². The van der Waals surface area contributed by atoms with Gasteiger partial charge in [-0.3, -0.25) is 9.59 Å². The Morgan fingerprint density at radius 2 is 1.97 bits per heavy atom. The molecule has 0 spiro atoms. The van der Waals surface area contributed by atoms with E-state index in [0.717, 1.165) is 11.5 Å². The number of hydrogen-bond acceptors (Lipinski definition) is 7. The monoisotopic (exact) mass is 538 g/mol. The normalized spacial score (nSPS) is 14.3. The number of hydrogen-bond donors (Lipinski definition) is 2. The number of rotatable bonds is 6. The van der Waals surface area contributed by atoms with Crippen LogP contribution in [0.3, 0.4) is 0 Å². The lowest BCUT2D eigenvalue weighted by Gasteiger charge is -2.36. The summed E-state index contributed by atoms with van der Waals surface area (Å²) >= 11 is 8.14. The van der Waals surface area contributed by atoms with Gasteiger partial charge in [-0.15, -0.1) is 5.10 Å². The number of nitriles is 1. The SMILES string of the molecule is Cc1cc(C#N)cc(C(=O)NC(C)(C)C)c1NC(=O)c1cc(OC2(C)CSC2)nn1-c1ncccc1Cl. The van der Waals surface area contributed by atoms with Crippen molar-refractivity contribution in [3.05, 3.63) is 63.9 Å². The lowest BCUT2D eigenvalue weighted by Crippen LogP contribution is -2.45. The quantitative estimate of drug-likeness (QED) is 0.463. The third-order valence-corrected chi connectivity index (χ3v) is 7.39. The fraction of sp³-hybridized carbons (Fsp3) is 0.346. The summed E-state index contributed by atoms with van der Waals surface area (Å²) in [6.45, 7) is 9.25. The van der Waals surface area contributed by atoms with Gasteiger partial charge in [0.1, 0.15) is 11.3 Å². The molecule has 9 nitrogen and oxygen atoms in total. The van der Waals surface area contributed by atoms with E-state index in [-0.39, 0.29) is 34.2 Å². The fourth-order valence-corrected chi connectivity index (χ4v) is 4.85. The number of aromatic nitrogens is 3. The topological polar surface area (TPSA) is 122 Å². The number of halogens is 1. The number of nitrogens with zero attached hydrogens (tertiary/aromatic N) is 4. The summed E-state index contributed by atoms with van der Waals surface area (Å²) in [7, 11) is 0. The summed E-state index contributed by atoms with van der Waals surface area (Å²) in [6.07, 6.45) is 1.55. The molecule has 3 heterocycles. The minimum absolute atomic E-state index is 0.122. The maximum absolute atomic E-state index is 13.6. The van der Waals surface area contributed by atoms with Crippen molar-refractivity contribution in [3.63, 3.8) is 0 Å². The van der Waals surface area contributed by atoms with Gasteiger partial charge >= 0.3 is 0 Å². The molecule has 0 saturated carbocycles. The van der Waals surface area contributed by atoms with Crippen LogP contribution in [0.4, 0.5) is 5.69 Å². The van der Waals surface area contributed by atoms with Crippen molar-refractivity contribution in [1.29, 1.82) is 5.26 Å². The lowest BCUT2D eigenvalue weighted by molar-refractivity contribution is 0.0920. The molecule has 37 heavy (non-hydrogen) atoms. The number of thioether (sulfide) groups is 1. The number of carbonyl (C=O) groups excluding carboxylic acids is 2. The highest BCUT2D eigenvalue weighted by atomic mass is 35.5. The van der Waals surface area contributed by atoms with E-state index in [4.69, 9.17) is 16.3 Å². The summed E-state index contributed by atoms with van der Waals surface area (Å²) < 4.78 is 7.42. The minimum Gasteiger partial charge on any atom is -0.468 e. The Bertz CT molecular complexity index is 1420. The third kappa shape index (κ3) is 5.89. The Morgan fingerprint density at radius 1 is 1.24 bits per heavy atom. The van der Waals surface area contributed by atoms with Crippen LogP contribution in [0.2, 0.25) is 5.02 Å². The molecule has 11 heteroatoms. The Balaban J connectivity index is 1.76. The van der Waals surface area contributed by atoms with Crippen molar-refractivity contribution < 1.29 is 14.3 Å². The number of benzene rings is 1. The van der Waals surface area contributed by atoms with Crippen LogP contribution in [0.25, 0.3) is 5.82 Å². The zero-order valence-corrected chi connectivity index (χ0v) is 22.8. The molecule has 1 fully saturated rings. The number of ether oxygens (including phenoxy) is 1. The molecule has 192 valence electrons. The first-order chi connectivity index (χ1) is 17.4. The largest absolute Gasteiger partial charge is 0.468 e. The molecule has 0 atom stereocenters. The lowest BCUT2D eigenvalue weighted by atomic mass is 10.0. The van der Waals surface area contributed by atoms with E-state index < -0.39 is 17.4 Å². The molecule has 0 radical (unpaired) electrons. The number of nitrogens with one attached hydrogen (secondary N) is 2. The van der Waals surface area contributed by atoms with Gasteiger partial charge in [0.2, 0.25) is 5.88 Å². The van der Waals surface area contributed by atoms with Crippen LogP contribution in [-0.4, -0.2) is 49.2 Å². The van der Waals surface area contributed by atoms with Crippen molar-refractivity contribution >= 4 is 40.9 Å². The van der Waals surface area contributed by atoms with Crippen LogP contribution in [0.5, 0.6) is 5.88 Å². The van der Waals surface area contributed by atoms with E-state index in [0.29, 0.717) is 16.1 Å². The van der Waals surface area contributed by atoms with Gasteiger partial charge in [-0.05, 0) is 64.4 Å². The molecule has 3 aromatic rings. The highest BCUT2D eigenvalue weighted by molar-refractivity contribution is 8.00. The van der Waals surface area contributed by atoms with Gasteiger partial charge in [0.15, 0.2) is 5.82 Å². The number of pyridine rings is 1. The van der Waals surface area contributed by atoms with Crippen molar-refractivity contribution in [3.8, 4) is 17.8 Å². The summed E-state index contributed by atoms with van der Waals surface area (Å²) in [5.74, 6) is 1.18. The number of anilines is 1. The van der Waals surface area contributed by atoms with Crippen LogP contribution in [0.15, 0.2) is 36.5 Å². The highest BCUT2D eigenvalue weighted by Gasteiger charge is 2.36. The Kier molecular flexibility index (Phi) is 7.22. The molecule has 2 N–H and O–H groups in total. The second kappa shape index (κ2) is 10.1. The second-order valence-corrected chi connectivity index (χ2v) is 11.5. The van der Waals surface area contributed by atoms with Crippen molar-refractivity contribution in [2.24, 2.45) is 0 Å². The summed E-state index contributed by atoms with van der Waals surface area (Å²) in [5.41, 5.74) is 0.551. The van der Waals surface area contributed by atoms with Gasteiger partial charge in [-0.25, -0.2) is 9.67 Å². The smallest absolute Gasteiger partial charge is 0.274 e. The summed E-state index contributed by atoms with van der Waals surface area (Å²) in [4.78, 5) is 31.1. The Labute approximate surface area is 224 Å². The molecule has 1 aliphatic heterocycles. The predicted octanol–water partition coefficient (Wildman–Crippen LogP) is 4.77. The van der Waals surface area contributed by atoms with E-state index in [1.54, 1.807) is 43.1 Å². The van der Waals surface area contributed by atoms with Gasteiger partial charge in [0.25, 0.3) is 11.8 Å². The van der Waals surface area contributed by atoms with Crippen LogP contribution in [0.1, 0.15) is 59.7 Å². The van der Waals surface area contributed by atoms with Crippen LogP contribution in [0, 0.1) is 18.3 Å². The molecule has 1 aliphatic rings. The Hall–Kier alpha value is -3.55.